The van der Waals surface area contributed by atoms with Crippen LogP contribution in [0.3, 0.4) is 0 Å². The Morgan fingerprint density at radius 1 is 0.760 bits per heavy atom. The number of hydrogen-bond donors (Lipinski definition) is 2. The molecule has 11 heteroatoms. The van der Waals surface area contributed by atoms with Gasteiger partial charge < -0.3 is 24.4 Å². The van der Waals surface area contributed by atoms with Crippen molar-refractivity contribution < 1.29 is 32.2 Å². The molecule has 0 saturated heterocycles. The highest BCUT2D eigenvalue weighted by molar-refractivity contribution is 7.89. The Morgan fingerprint density at radius 3 is 2.06 bits per heavy atom. The van der Waals surface area contributed by atoms with Crippen molar-refractivity contribution in [2.24, 2.45) is 0 Å². The second-order valence-electron chi connectivity index (χ2n) is 12.3. The minimum absolute atomic E-state index is 0.0148. The number of ether oxygens (including phenoxy) is 3. The lowest BCUT2D eigenvalue weighted by Crippen LogP contribution is -2.50. The van der Waals surface area contributed by atoms with E-state index in [0.29, 0.717) is 43.1 Å². The largest absolute Gasteiger partial charge is 0.497 e. The minimum Gasteiger partial charge on any atom is -0.497 e. The summed E-state index contributed by atoms with van der Waals surface area (Å²) in [6, 6.07) is 28.6. The minimum atomic E-state index is -3.57. The Morgan fingerprint density at radius 2 is 1.42 bits per heavy atom. The molecule has 5 rings (SSSR count). The summed E-state index contributed by atoms with van der Waals surface area (Å²) < 4.78 is 44.1. The van der Waals surface area contributed by atoms with E-state index >= 15 is 0 Å². The Bertz CT molecular complexity index is 1830. The van der Waals surface area contributed by atoms with E-state index in [9.17, 15) is 18.0 Å². The van der Waals surface area contributed by atoms with E-state index in [1.807, 2.05) is 72.8 Å². The van der Waals surface area contributed by atoms with Gasteiger partial charge in [-0.15, -0.1) is 0 Å². The Kier molecular flexibility index (Phi) is 12.5. The average molecular weight is 700 g/mol. The van der Waals surface area contributed by atoms with Gasteiger partial charge in [0.2, 0.25) is 21.8 Å². The quantitative estimate of drug-likeness (QED) is 0.149. The van der Waals surface area contributed by atoms with Crippen LogP contribution in [0.15, 0.2) is 102 Å². The number of nitrogens with one attached hydrogen (secondary N) is 2. The van der Waals surface area contributed by atoms with Gasteiger partial charge in [0.25, 0.3) is 0 Å². The molecule has 4 aromatic carbocycles. The van der Waals surface area contributed by atoms with Gasteiger partial charge in [0.05, 0.1) is 26.2 Å². The number of benzene rings is 4. The highest BCUT2D eigenvalue weighted by atomic mass is 32.2. The molecule has 1 atom stereocenters. The fourth-order valence-electron chi connectivity index (χ4n) is 5.68. The third-order valence-corrected chi connectivity index (χ3v) is 10.2. The zero-order valence-electron chi connectivity index (χ0n) is 28.8. The molecule has 1 aliphatic carbocycles. The maximum absolute atomic E-state index is 14.2. The van der Waals surface area contributed by atoms with Gasteiger partial charge in [0.15, 0.2) is 11.5 Å². The predicted molar refractivity (Wildman–Crippen MR) is 192 cm³/mol. The molecule has 1 saturated carbocycles. The van der Waals surface area contributed by atoms with Crippen molar-refractivity contribution in [2.75, 3.05) is 27.9 Å². The van der Waals surface area contributed by atoms with Gasteiger partial charge in [0, 0.05) is 32.0 Å². The fraction of sp³-hybridized carbons (Fsp3) is 0.333. The van der Waals surface area contributed by atoms with Crippen LogP contribution in [-0.4, -0.2) is 65.1 Å². The lowest BCUT2D eigenvalue weighted by Gasteiger charge is -2.32. The first kappa shape index (κ1) is 36.4. The van der Waals surface area contributed by atoms with Gasteiger partial charge in [-0.1, -0.05) is 60.7 Å². The second kappa shape index (κ2) is 17.2. The summed E-state index contributed by atoms with van der Waals surface area (Å²) in [5.41, 5.74) is 3.58. The van der Waals surface area contributed by atoms with E-state index in [1.165, 1.54) is 0 Å². The van der Waals surface area contributed by atoms with E-state index in [1.54, 1.807) is 50.5 Å². The van der Waals surface area contributed by atoms with Crippen LogP contribution in [0.4, 0.5) is 0 Å². The fourth-order valence-corrected chi connectivity index (χ4v) is 6.99. The molecule has 0 heterocycles. The summed E-state index contributed by atoms with van der Waals surface area (Å²) in [6.07, 6.45) is 3.10. The molecule has 0 aromatic heterocycles. The number of amides is 2. The second-order valence-corrected chi connectivity index (χ2v) is 14.1. The first-order chi connectivity index (χ1) is 24.2. The zero-order chi connectivity index (χ0) is 35.5. The first-order valence-electron chi connectivity index (χ1n) is 16.7. The van der Waals surface area contributed by atoms with Crippen LogP contribution >= 0.6 is 0 Å². The Balaban J connectivity index is 1.35. The van der Waals surface area contributed by atoms with E-state index < -0.39 is 16.1 Å². The van der Waals surface area contributed by atoms with Crippen LogP contribution in [0, 0.1) is 0 Å². The van der Waals surface area contributed by atoms with Gasteiger partial charge in [-0.05, 0) is 84.3 Å². The summed E-state index contributed by atoms with van der Waals surface area (Å²) in [7, 11) is 1.19. The standard InChI is InChI=1S/C39H45N3O7S/c1-47-33-17-9-31(10-18-33)27-42(38(43)22-14-28-11-19-34(20-12-28)50(45,46)41-32-15-16-32)35(25-29-7-5-4-6-8-29)39(44)40-24-23-30-13-21-36(48-2)37(26-30)49-3/h4-13,17-21,26,32,35,41H,14-16,22-25,27H2,1-3H3,(H,40,44). The summed E-state index contributed by atoms with van der Waals surface area (Å²) in [5.74, 6) is 1.49. The van der Waals surface area contributed by atoms with Crippen molar-refractivity contribution in [3.05, 3.63) is 119 Å². The lowest BCUT2D eigenvalue weighted by molar-refractivity contribution is -0.141. The van der Waals surface area contributed by atoms with Crippen molar-refractivity contribution in [2.45, 2.75) is 62.0 Å². The summed E-state index contributed by atoms with van der Waals surface area (Å²) >= 11 is 0. The molecule has 4 aromatic rings. The van der Waals surface area contributed by atoms with Crippen LogP contribution in [0.25, 0.3) is 0 Å². The van der Waals surface area contributed by atoms with E-state index in [2.05, 4.69) is 10.0 Å². The number of aryl methyl sites for hydroxylation is 1. The van der Waals surface area contributed by atoms with Crippen LogP contribution in [0.2, 0.25) is 0 Å². The normalized spacial score (nSPS) is 13.3. The molecular weight excluding hydrogens is 655 g/mol. The van der Waals surface area contributed by atoms with Crippen molar-refractivity contribution in [3.8, 4) is 17.2 Å². The highest BCUT2D eigenvalue weighted by Gasteiger charge is 2.31. The monoisotopic (exact) mass is 699 g/mol. The first-order valence-corrected chi connectivity index (χ1v) is 18.2. The lowest BCUT2D eigenvalue weighted by atomic mass is 10.0. The molecule has 0 aliphatic heterocycles. The predicted octanol–water partition coefficient (Wildman–Crippen LogP) is 5.08. The number of carbonyl (C=O) groups is 2. The van der Waals surface area contributed by atoms with E-state index in [4.69, 9.17) is 14.2 Å². The van der Waals surface area contributed by atoms with E-state index in [-0.39, 0.29) is 35.7 Å². The zero-order valence-corrected chi connectivity index (χ0v) is 29.6. The molecule has 0 bridgehead atoms. The van der Waals surface area contributed by atoms with Gasteiger partial charge in [0.1, 0.15) is 11.8 Å². The molecule has 50 heavy (non-hydrogen) atoms. The van der Waals surface area contributed by atoms with Crippen molar-refractivity contribution >= 4 is 21.8 Å². The number of carbonyl (C=O) groups excluding carboxylic acids is 2. The molecule has 264 valence electrons. The van der Waals surface area contributed by atoms with Gasteiger partial charge >= 0.3 is 0 Å². The molecular formula is C39H45N3O7S. The third kappa shape index (κ3) is 10.1. The van der Waals surface area contributed by atoms with Crippen molar-refractivity contribution in [1.82, 2.24) is 14.9 Å². The van der Waals surface area contributed by atoms with Crippen LogP contribution in [-0.2, 0) is 45.4 Å². The van der Waals surface area contributed by atoms with Gasteiger partial charge in [-0.2, -0.15) is 0 Å². The summed E-state index contributed by atoms with van der Waals surface area (Å²) in [5, 5.41) is 3.08. The molecule has 1 fully saturated rings. The molecule has 1 unspecified atom stereocenters. The molecule has 0 spiro atoms. The van der Waals surface area contributed by atoms with Crippen molar-refractivity contribution in [3.63, 3.8) is 0 Å². The highest BCUT2D eigenvalue weighted by Crippen LogP contribution is 2.28. The Hall–Kier alpha value is -4.87. The van der Waals surface area contributed by atoms with Crippen LogP contribution in [0.1, 0.15) is 41.5 Å². The van der Waals surface area contributed by atoms with Gasteiger partial charge in [-0.3, -0.25) is 9.59 Å². The maximum atomic E-state index is 14.2. The number of nitrogens with zero attached hydrogens (tertiary/aromatic N) is 1. The van der Waals surface area contributed by atoms with Crippen LogP contribution in [0.5, 0.6) is 17.2 Å². The van der Waals surface area contributed by atoms with E-state index in [0.717, 1.165) is 35.1 Å². The van der Waals surface area contributed by atoms with Crippen LogP contribution < -0.4 is 24.2 Å². The summed E-state index contributed by atoms with van der Waals surface area (Å²) in [4.78, 5) is 30.1. The topological polar surface area (TPSA) is 123 Å². The molecule has 2 N–H and O–H groups in total. The Labute approximate surface area is 294 Å². The smallest absolute Gasteiger partial charge is 0.243 e. The SMILES string of the molecule is COc1ccc(CN(C(=O)CCc2ccc(S(=O)(=O)NC3CC3)cc2)C(Cc2ccccc2)C(=O)NCCc2ccc(OC)c(OC)c2)cc1. The molecule has 0 radical (unpaired) electrons. The molecule has 2 amide bonds. The maximum Gasteiger partial charge on any atom is 0.243 e. The molecule has 10 nitrogen and oxygen atoms in total. The average Bonchev–Trinajstić information content (AvgIpc) is 3.96. The molecule has 1 aliphatic rings. The number of hydrogen-bond acceptors (Lipinski definition) is 7. The number of sulfonamides is 1. The number of methoxy groups -OCH3 is 3. The van der Waals surface area contributed by atoms with Crippen molar-refractivity contribution in [1.29, 1.82) is 0 Å². The van der Waals surface area contributed by atoms with Gasteiger partial charge in [-0.25, -0.2) is 13.1 Å². The third-order valence-electron chi connectivity index (χ3n) is 8.70. The summed E-state index contributed by atoms with van der Waals surface area (Å²) in [6.45, 7) is 0.572. The number of rotatable bonds is 18.